The van der Waals surface area contributed by atoms with Crippen molar-refractivity contribution in [2.45, 2.75) is 36.5 Å². The van der Waals surface area contributed by atoms with Crippen molar-refractivity contribution in [3.63, 3.8) is 0 Å². The highest BCUT2D eigenvalue weighted by atomic mass is 35.5. The largest absolute Gasteiger partial charge is 0.417 e. The summed E-state index contributed by atoms with van der Waals surface area (Å²) in [5, 5.41) is -0.527. The van der Waals surface area contributed by atoms with Crippen LogP contribution < -0.4 is 4.72 Å². The minimum atomic E-state index is -4.72. The molecule has 1 aliphatic rings. The summed E-state index contributed by atoms with van der Waals surface area (Å²) in [7, 11) is -4.06. The van der Waals surface area contributed by atoms with E-state index >= 15 is 0 Å². The van der Waals surface area contributed by atoms with E-state index < -0.39 is 31.7 Å². The molecular formula is C19H20ClF3N2O2S. The Morgan fingerprint density at radius 1 is 1.07 bits per heavy atom. The highest BCUT2D eigenvalue weighted by molar-refractivity contribution is 7.89. The third-order valence-corrected chi connectivity index (χ3v) is 6.56. The van der Waals surface area contributed by atoms with E-state index in [0.717, 1.165) is 18.7 Å². The second kappa shape index (κ2) is 8.41. The summed E-state index contributed by atoms with van der Waals surface area (Å²) in [6.07, 6.45) is -3.54. The molecule has 0 atom stereocenters. The minimum Gasteiger partial charge on any atom is -0.299 e. The number of benzene rings is 2. The lowest BCUT2D eigenvalue weighted by Gasteiger charge is -2.32. The van der Waals surface area contributed by atoms with E-state index in [1.54, 1.807) is 0 Å². The zero-order chi connectivity index (χ0) is 20.4. The van der Waals surface area contributed by atoms with Crippen LogP contribution in [0.15, 0.2) is 53.4 Å². The molecular weight excluding hydrogens is 413 g/mol. The Labute approximate surface area is 167 Å². The fourth-order valence-corrected chi connectivity index (χ4v) is 4.78. The van der Waals surface area contributed by atoms with Crippen LogP contribution in [-0.4, -0.2) is 32.4 Å². The standard InChI is InChI=1S/C19H20ClF3N2O2S/c20-18-7-6-16(12-17(18)19(21,22)23)28(26,27)24-15-8-10-25(11-9-15)13-14-4-2-1-3-5-14/h1-7,12,15,24H,8-11,13H2. The van der Waals surface area contributed by atoms with E-state index in [2.05, 4.69) is 9.62 Å². The molecule has 0 unspecified atom stereocenters. The Morgan fingerprint density at radius 2 is 1.71 bits per heavy atom. The molecule has 0 amide bonds. The van der Waals surface area contributed by atoms with Crippen molar-refractivity contribution in [3.05, 3.63) is 64.7 Å². The average Bonchev–Trinajstić information content (AvgIpc) is 2.63. The average molecular weight is 433 g/mol. The van der Waals surface area contributed by atoms with Crippen LogP contribution in [0.25, 0.3) is 0 Å². The molecule has 3 rings (SSSR count). The minimum absolute atomic E-state index is 0.318. The van der Waals surface area contributed by atoms with Crippen molar-refractivity contribution in [2.75, 3.05) is 13.1 Å². The lowest BCUT2D eigenvalue weighted by Crippen LogP contribution is -2.44. The van der Waals surface area contributed by atoms with Gasteiger partial charge in [-0.05, 0) is 36.6 Å². The third-order valence-electron chi connectivity index (χ3n) is 4.71. The van der Waals surface area contributed by atoms with Crippen molar-refractivity contribution in [1.29, 1.82) is 0 Å². The first-order valence-corrected chi connectivity index (χ1v) is 10.7. The summed E-state index contributed by atoms with van der Waals surface area (Å²) in [5.74, 6) is 0. The first-order valence-electron chi connectivity index (χ1n) is 8.80. The number of halogens is 4. The van der Waals surface area contributed by atoms with Crippen LogP contribution in [0.2, 0.25) is 5.02 Å². The number of nitrogens with zero attached hydrogens (tertiary/aromatic N) is 1. The fraction of sp³-hybridized carbons (Fsp3) is 0.368. The van der Waals surface area contributed by atoms with Crippen LogP contribution in [0.3, 0.4) is 0 Å². The first kappa shape index (κ1) is 21.1. The van der Waals surface area contributed by atoms with Crippen LogP contribution in [0.4, 0.5) is 13.2 Å². The molecule has 0 bridgehead atoms. The molecule has 1 aliphatic heterocycles. The van der Waals surface area contributed by atoms with Crippen LogP contribution >= 0.6 is 11.6 Å². The van der Waals surface area contributed by atoms with Crippen molar-refractivity contribution >= 4 is 21.6 Å². The Morgan fingerprint density at radius 3 is 2.32 bits per heavy atom. The molecule has 0 radical (unpaired) electrons. The third kappa shape index (κ3) is 5.26. The van der Waals surface area contributed by atoms with Crippen molar-refractivity contribution in [2.24, 2.45) is 0 Å². The number of alkyl halides is 3. The summed E-state index contributed by atoms with van der Waals surface area (Å²) >= 11 is 5.56. The number of nitrogens with one attached hydrogen (secondary N) is 1. The summed E-state index contributed by atoms with van der Waals surface area (Å²) in [5.41, 5.74) is 0.0251. The number of sulfonamides is 1. The van der Waals surface area contributed by atoms with Gasteiger partial charge >= 0.3 is 6.18 Å². The number of hydrogen-bond donors (Lipinski definition) is 1. The highest BCUT2D eigenvalue weighted by Gasteiger charge is 2.35. The zero-order valence-electron chi connectivity index (χ0n) is 14.9. The number of piperidine rings is 1. The molecule has 2 aromatic rings. The van der Waals surface area contributed by atoms with Gasteiger partial charge in [-0.3, -0.25) is 4.90 Å². The van der Waals surface area contributed by atoms with E-state index in [0.29, 0.717) is 32.0 Å². The Balaban J connectivity index is 1.63. The monoisotopic (exact) mass is 432 g/mol. The lowest BCUT2D eigenvalue weighted by molar-refractivity contribution is -0.137. The molecule has 1 saturated heterocycles. The second-order valence-corrected chi connectivity index (χ2v) is 8.92. The van der Waals surface area contributed by atoms with Gasteiger partial charge in [-0.1, -0.05) is 41.9 Å². The second-order valence-electron chi connectivity index (χ2n) is 6.80. The normalized spacial score (nSPS) is 17.0. The van der Waals surface area contributed by atoms with Crippen molar-refractivity contribution < 1.29 is 21.6 Å². The van der Waals surface area contributed by atoms with Crippen molar-refractivity contribution in [1.82, 2.24) is 9.62 Å². The summed E-state index contributed by atoms with van der Waals surface area (Å²) in [6.45, 7) is 2.19. The highest BCUT2D eigenvalue weighted by Crippen LogP contribution is 2.36. The number of hydrogen-bond acceptors (Lipinski definition) is 3. The topological polar surface area (TPSA) is 49.4 Å². The molecule has 4 nitrogen and oxygen atoms in total. The van der Waals surface area contributed by atoms with Gasteiger partial charge in [-0.2, -0.15) is 13.2 Å². The quantitative estimate of drug-likeness (QED) is 0.766. The smallest absolute Gasteiger partial charge is 0.299 e. The van der Waals surface area contributed by atoms with E-state index in [-0.39, 0.29) is 6.04 Å². The van der Waals surface area contributed by atoms with Gasteiger partial charge in [-0.25, -0.2) is 13.1 Å². The first-order chi connectivity index (χ1) is 13.1. The zero-order valence-corrected chi connectivity index (χ0v) is 16.5. The maximum Gasteiger partial charge on any atom is 0.417 e. The molecule has 1 fully saturated rings. The predicted octanol–water partition coefficient (Wildman–Crippen LogP) is 4.30. The molecule has 9 heteroatoms. The maximum absolute atomic E-state index is 13.0. The van der Waals surface area contributed by atoms with Crippen LogP contribution in [-0.2, 0) is 22.7 Å². The van der Waals surface area contributed by atoms with Gasteiger partial charge in [-0.15, -0.1) is 0 Å². The Kier molecular flexibility index (Phi) is 6.34. The van der Waals surface area contributed by atoms with Gasteiger partial charge < -0.3 is 0 Å². The molecule has 1 heterocycles. The SMILES string of the molecule is O=S(=O)(NC1CCN(Cc2ccccc2)CC1)c1ccc(Cl)c(C(F)(F)F)c1. The predicted molar refractivity (Wildman–Crippen MR) is 102 cm³/mol. The molecule has 0 aliphatic carbocycles. The van der Waals surface area contributed by atoms with Gasteiger partial charge in [0, 0.05) is 25.7 Å². The summed E-state index contributed by atoms with van der Waals surface area (Å²) < 4.78 is 66.6. The van der Waals surface area contributed by atoms with Gasteiger partial charge in [0.25, 0.3) is 0 Å². The van der Waals surface area contributed by atoms with Crippen molar-refractivity contribution in [3.8, 4) is 0 Å². The van der Waals surface area contributed by atoms with Gasteiger partial charge in [0.2, 0.25) is 10.0 Å². The Hall–Kier alpha value is -1.61. The maximum atomic E-state index is 13.0. The van der Waals surface area contributed by atoms with Crippen LogP contribution in [0, 0.1) is 0 Å². The Bertz CT molecular complexity index is 913. The van der Waals surface area contributed by atoms with E-state index in [1.165, 1.54) is 5.56 Å². The van der Waals surface area contributed by atoms with E-state index in [4.69, 9.17) is 11.6 Å². The molecule has 152 valence electrons. The molecule has 0 spiro atoms. The summed E-state index contributed by atoms with van der Waals surface area (Å²) in [6, 6.07) is 12.3. The van der Waals surface area contributed by atoms with Crippen LogP contribution in [0.5, 0.6) is 0 Å². The lowest BCUT2D eigenvalue weighted by atomic mass is 10.1. The molecule has 2 aromatic carbocycles. The van der Waals surface area contributed by atoms with Gasteiger partial charge in [0.1, 0.15) is 0 Å². The molecule has 0 aromatic heterocycles. The molecule has 0 saturated carbocycles. The van der Waals surface area contributed by atoms with Crippen LogP contribution in [0.1, 0.15) is 24.0 Å². The fourth-order valence-electron chi connectivity index (χ4n) is 3.23. The summed E-state index contributed by atoms with van der Waals surface area (Å²) in [4.78, 5) is 1.79. The number of likely N-dealkylation sites (tertiary alicyclic amines) is 1. The van der Waals surface area contributed by atoms with E-state index in [9.17, 15) is 21.6 Å². The van der Waals surface area contributed by atoms with E-state index in [1.807, 2.05) is 30.3 Å². The molecule has 1 N–H and O–H groups in total. The molecule has 28 heavy (non-hydrogen) atoms. The van der Waals surface area contributed by atoms with Gasteiger partial charge in [0.05, 0.1) is 15.5 Å². The number of rotatable bonds is 5. The van der Waals surface area contributed by atoms with Gasteiger partial charge in [0.15, 0.2) is 0 Å².